The number of piperidine rings is 1. The summed E-state index contributed by atoms with van der Waals surface area (Å²) in [6.45, 7) is 5.08. The maximum absolute atomic E-state index is 12.5. The van der Waals surface area contributed by atoms with E-state index in [0.29, 0.717) is 19.0 Å². The maximum atomic E-state index is 12.5. The second-order valence-electron chi connectivity index (χ2n) is 6.79. The van der Waals surface area contributed by atoms with E-state index in [1.54, 1.807) is 0 Å². The number of nitrogens with zero attached hydrogens (tertiary/aromatic N) is 3. The zero-order chi connectivity index (χ0) is 16.9. The molecule has 1 aromatic heterocycles. The lowest BCUT2D eigenvalue weighted by atomic mass is 9.94. The third-order valence-corrected chi connectivity index (χ3v) is 4.70. The predicted octanol–water partition coefficient (Wildman–Crippen LogP) is 2.56. The van der Waals surface area contributed by atoms with E-state index in [4.69, 9.17) is 0 Å². The minimum atomic E-state index is 0.178. The molecule has 5 heteroatoms. The van der Waals surface area contributed by atoms with Crippen molar-refractivity contribution in [3.8, 4) is 0 Å². The molecule has 3 rings (SSSR count). The smallest absolute Gasteiger partial charge is 0.236 e. The summed E-state index contributed by atoms with van der Waals surface area (Å²) >= 11 is 0. The quantitative estimate of drug-likeness (QED) is 0.919. The summed E-state index contributed by atoms with van der Waals surface area (Å²) in [7, 11) is 1.88. The Kier molecular flexibility index (Phi) is 5.30. The molecule has 0 bridgehead atoms. The van der Waals surface area contributed by atoms with Crippen molar-refractivity contribution >= 4 is 5.91 Å². The standard InChI is InChI=1S/C19H26N4O/c1-15-11-18(21-20-15)17-9-6-10-23(13-17)14-19(24)22(2)12-16-7-4-3-5-8-16/h3-5,7-8,11,17H,6,9-10,12-14H2,1-2H3,(H,20,21). The average Bonchev–Trinajstić information content (AvgIpc) is 3.02. The molecule has 1 N–H and O–H groups in total. The van der Waals surface area contributed by atoms with Gasteiger partial charge in [-0.05, 0) is 37.9 Å². The number of aryl methyl sites for hydroxylation is 1. The number of likely N-dealkylation sites (tertiary alicyclic amines) is 1. The Balaban J connectivity index is 1.53. The van der Waals surface area contributed by atoms with Gasteiger partial charge in [-0.25, -0.2) is 0 Å². The minimum absolute atomic E-state index is 0.178. The number of carbonyl (C=O) groups is 1. The first-order chi connectivity index (χ1) is 11.6. The lowest BCUT2D eigenvalue weighted by Gasteiger charge is -2.32. The number of nitrogens with one attached hydrogen (secondary N) is 1. The highest BCUT2D eigenvalue weighted by atomic mass is 16.2. The molecule has 1 saturated heterocycles. The molecule has 5 nitrogen and oxygen atoms in total. The number of hydrogen-bond donors (Lipinski definition) is 1. The topological polar surface area (TPSA) is 52.2 Å². The Morgan fingerprint density at radius 2 is 2.17 bits per heavy atom. The number of amides is 1. The Morgan fingerprint density at radius 1 is 1.38 bits per heavy atom. The largest absolute Gasteiger partial charge is 0.340 e. The van der Waals surface area contributed by atoms with Crippen LogP contribution in [0.1, 0.15) is 35.7 Å². The van der Waals surface area contributed by atoms with Gasteiger partial charge in [0.05, 0.1) is 12.2 Å². The third-order valence-electron chi connectivity index (χ3n) is 4.70. The molecule has 1 fully saturated rings. The van der Waals surface area contributed by atoms with E-state index in [9.17, 15) is 4.79 Å². The number of carbonyl (C=O) groups excluding carboxylic acids is 1. The Hall–Kier alpha value is -2.14. The Labute approximate surface area is 143 Å². The molecule has 1 aliphatic rings. The van der Waals surface area contributed by atoms with Crippen molar-refractivity contribution in [2.45, 2.75) is 32.2 Å². The van der Waals surface area contributed by atoms with Crippen LogP contribution in [0.2, 0.25) is 0 Å². The molecule has 2 heterocycles. The molecule has 1 aromatic carbocycles. The molecule has 1 amide bonds. The molecule has 0 aliphatic carbocycles. The monoisotopic (exact) mass is 326 g/mol. The summed E-state index contributed by atoms with van der Waals surface area (Å²) in [5.74, 6) is 0.605. The second kappa shape index (κ2) is 7.62. The van der Waals surface area contributed by atoms with Crippen LogP contribution in [0.4, 0.5) is 0 Å². The Bertz CT molecular complexity index is 667. The number of aromatic nitrogens is 2. The van der Waals surface area contributed by atoms with Gasteiger partial charge >= 0.3 is 0 Å². The van der Waals surface area contributed by atoms with Gasteiger partial charge in [-0.3, -0.25) is 14.8 Å². The van der Waals surface area contributed by atoms with E-state index in [2.05, 4.69) is 33.3 Å². The molecule has 1 unspecified atom stereocenters. The fraction of sp³-hybridized carbons (Fsp3) is 0.474. The summed E-state index contributed by atoms with van der Waals surface area (Å²) in [5.41, 5.74) is 3.39. The van der Waals surface area contributed by atoms with Crippen LogP contribution < -0.4 is 0 Å². The van der Waals surface area contributed by atoms with Crippen molar-refractivity contribution in [2.75, 3.05) is 26.7 Å². The first-order valence-electron chi connectivity index (χ1n) is 8.64. The van der Waals surface area contributed by atoms with Crippen LogP contribution in [0.25, 0.3) is 0 Å². The van der Waals surface area contributed by atoms with Gasteiger partial charge in [-0.15, -0.1) is 0 Å². The van der Waals surface area contributed by atoms with Crippen LogP contribution in [0, 0.1) is 6.92 Å². The molecule has 1 atom stereocenters. The van der Waals surface area contributed by atoms with Gasteiger partial charge in [0.2, 0.25) is 5.91 Å². The summed E-state index contributed by atoms with van der Waals surface area (Å²) in [6, 6.07) is 12.2. The van der Waals surface area contributed by atoms with E-state index in [0.717, 1.165) is 42.9 Å². The number of H-pyrrole nitrogens is 1. The number of likely N-dealkylation sites (N-methyl/N-ethyl adjacent to an activating group) is 1. The second-order valence-corrected chi connectivity index (χ2v) is 6.79. The molecule has 0 radical (unpaired) electrons. The van der Waals surface area contributed by atoms with Crippen LogP contribution in [0.5, 0.6) is 0 Å². The van der Waals surface area contributed by atoms with Gasteiger partial charge in [0.1, 0.15) is 0 Å². The Morgan fingerprint density at radius 3 is 2.88 bits per heavy atom. The van der Waals surface area contributed by atoms with Crippen LogP contribution in [0.3, 0.4) is 0 Å². The maximum Gasteiger partial charge on any atom is 0.236 e. The SMILES string of the molecule is Cc1cc(C2CCCN(CC(=O)N(C)Cc3ccccc3)C2)n[nH]1. The molecule has 24 heavy (non-hydrogen) atoms. The van der Waals surface area contributed by atoms with Gasteiger partial charge < -0.3 is 4.90 Å². The van der Waals surface area contributed by atoms with Crippen molar-refractivity contribution < 1.29 is 4.79 Å². The van der Waals surface area contributed by atoms with E-state index in [1.807, 2.05) is 37.1 Å². The van der Waals surface area contributed by atoms with Crippen molar-refractivity contribution in [1.82, 2.24) is 20.0 Å². The average molecular weight is 326 g/mol. The normalized spacial score (nSPS) is 18.5. The molecule has 0 saturated carbocycles. The third kappa shape index (κ3) is 4.23. The molecular weight excluding hydrogens is 300 g/mol. The van der Waals surface area contributed by atoms with Crippen LogP contribution in [0.15, 0.2) is 36.4 Å². The predicted molar refractivity (Wildman–Crippen MR) is 94.7 cm³/mol. The first kappa shape index (κ1) is 16.7. The van der Waals surface area contributed by atoms with Gasteiger partial charge in [-0.1, -0.05) is 30.3 Å². The lowest BCUT2D eigenvalue weighted by Crippen LogP contribution is -2.42. The van der Waals surface area contributed by atoms with Crippen LogP contribution >= 0.6 is 0 Å². The molecule has 0 spiro atoms. The summed E-state index contributed by atoms with van der Waals surface area (Å²) in [4.78, 5) is 16.6. The first-order valence-corrected chi connectivity index (χ1v) is 8.64. The number of rotatable bonds is 5. The van der Waals surface area contributed by atoms with Crippen molar-refractivity contribution in [1.29, 1.82) is 0 Å². The summed E-state index contributed by atoms with van der Waals surface area (Å²) < 4.78 is 0. The summed E-state index contributed by atoms with van der Waals surface area (Å²) in [6.07, 6.45) is 2.26. The van der Waals surface area contributed by atoms with Crippen molar-refractivity contribution in [2.24, 2.45) is 0 Å². The number of hydrogen-bond acceptors (Lipinski definition) is 3. The van der Waals surface area contributed by atoms with Gasteiger partial charge in [-0.2, -0.15) is 5.10 Å². The zero-order valence-corrected chi connectivity index (χ0v) is 14.5. The van der Waals surface area contributed by atoms with E-state index in [1.165, 1.54) is 0 Å². The molecule has 128 valence electrons. The zero-order valence-electron chi connectivity index (χ0n) is 14.5. The van der Waals surface area contributed by atoms with E-state index < -0.39 is 0 Å². The van der Waals surface area contributed by atoms with Gasteiger partial charge in [0, 0.05) is 31.7 Å². The van der Waals surface area contributed by atoms with E-state index >= 15 is 0 Å². The lowest BCUT2D eigenvalue weighted by molar-refractivity contribution is -0.131. The highest BCUT2D eigenvalue weighted by Gasteiger charge is 2.25. The molecular formula is C19H26N4O. The van der Waals surface area contributed by atoms with Crippen LogP contribution in [-0.4, -0.2) is 52.6 Å². The highest BCUT2D eigenvalue weighted by molar-refractivity contribution is 5.78. The number of aromatic amines is 1. The van der Waals surface area contributed by atoms with Gasteiger partial charge in [0.15, 0.2) is 0 Å². The van der Waals surface area contributed by atoms with Gasteiger partial charge in [0.25, 0.3) is 0 Å². The van der Waals surface area contributed by atoms with Crippen molar-refractivity contribution in [3.63, 3.8) is 0 Å². The van der Waals surface area contributed by atoms with E-state index in [-0.39, 0.29) is 5.91 Å². The summed E-state index contributed by atoms with van der Waals surface area (Å²) in [5, 5.41) is 7.42. The minimum Gasteiger partial charge on any atom is -0.340 e. The fourth-order valence-corrected chi connectivity index (χ4v) is 3.35. The molecule has 1 aliphatic heterocycles. The van der Waals surface area contributed by atoms with Crippen molar-refractivity contribution in [3.05, 3.63) is 53.3 Å². The molecule has 2 aromatic rings. The highest BCUT2D eigenvalue weighted by Crippen LogP contribution is 2.25. The fourth-order valence-electron chi connectivity index (χ4n) is 3.35. The van der Waals surface area contributed by atoms with Crippen LogP contribution in [-0.2, 0) is 11.3 Å². The number of benzene rings is 1.